The van der Waals surface area contributed by atoms with Crippen molar-refractivity contribution in [1.82, 2.24) is 9.55 Å². The number of hydrogen-bond donors (Lipinski definition) is 0. The maximum atomic E-state index is 13.2. The average molecular weight is 317 g/mol. The van der Waals surface area contributed by atoms with Crippen LogP contribution in [0.2, 0.25) is 0 Å². The maximum absolute atomic E-state index is 13.2. The van der Waals surface area contributed by atoms with Crippen LogP contribution in [0.3, 0.4) is 0 Å². The van der Waals surface area contributed by atoms with Gasteiger partial charge in [0.25, 0.3) is 10.8 Å². The van der Waals surface area contributed by atoms with Crippen molar-refractivity contribution >= 4 is 27.6 Å². The van der Waals surface area contributed by atoms with Crippen molar-refractivity contribution in [2.45, 2.75) is 0 Å². The van der Waals surface area contributed by atoms with Gasteiger partial charge in [-0.05, 0) is 35.4 Å². The van der Waals surface area contributed by atoms with E-state index in [2.05, 4.69) is 4.98 Å². The van der Waals surface area contributed by atoms with E-state index in [0.717, 1.165) is 0 Å². The Kier molecular flexibility index (Phi) is 3.50. The van der Waals surface area contributed by atoms with Gasteiger partial charge in [0.05, 0.1) is 5.39 Å². The molecular formula is C16H10ClFN2O2. The van der Waals surface area contributed by atoms with Gasteiger partial charge in [-0.3, -0.25) is 14.6 Å². The van der Waals surface area contributed by atoms with E-state index < -0.39 is 11.1 Å². The molecule has 0 unspecified atom stereocenters. The summed E-state index contributed by atoms with van der Waals surface area (Å²) in [5.74, 6) is -0.390. The number of halogens is 2. The summed E-state index contributed by atoms with van der Waals surface area (Å²) in [6.07, 6.45) is 2.96. The Bertz CT molecular complexity index is 949. The van der Waals surface area contributed by atoms with E-state index in [1.54, 1.807) is 18.2 Å². The van der Waals surface area contributed by atoms with E-state index in [1.807, 2.05) is 0 Å². The SMILES string of the molecule is Cn1c(C(=O)Cl)c(-c2ccc(F)cc2)c2ccncc2c1=O. The molecule has 0 aliphatic rings. The molecule has 0 saturated heterocycles. The Hall–Kier alpha value is -2.53. The number of rotatable bonds is 2. The molecule has 0 N–H and O–H groups in total. The molecule has 4 nitrogen and oxygen atoms in total. The molecule has 0 spiro atoms. The number of benzene rings is 1. The predicted molar refractivity (Wildman–Crippen MR) is 82.6 cm³/mol. The van der Waals surface area contributed by atoms with E-state index in [-0.39, 0.29) is 11.3 Å². The molecule has 0 amide bonds. The Balaban J connectivity index is 2.53. The zero-order valence-electron chi connectivity index (χ0n) is 11.5. The van der Waals surface area contributed by atoms with Crippen molar-refractivity contribution < 1.29 is 9.18 Å². The van der Waals surface area contributed by atoms with E-state index in [1.165, 1.54) is 36.1 Å². The topological polar surface area (TPSA) is 52.0 Å². The Morgan fingerprint density at radius 2 is 1.86 bits per heavy atom. The molecule has 6 heteroatoms. The van der Waals surface area contributed by atoms with Crippen molar-refractivity contribution in [2.75, 3.05) is 0 Å². The molecule has 0 aliphatic carbocycles. The van der Waals surface area contributed by atoms with Crippen LogP contribution < -0.4 is 5.56 Å². The van der Waals surface area contributed by atoms with Gasteiger partial charge in [-0.25, -0.2) is 4.39 Å². The third-order valence-electron chi connectivity index (χ3n) is 3.52. The number of carbonyl (C=O) groups is 1. The lowest BCUT2D eigenvalue weighted by Crippen LogP contribution is -2.23. The van der Waals surface area contributed by atoms with Gasteiger partial charge < -0.3 is 4.57 Å². The largest absolute Gasteiger partial charge is 0.306 e. The summed E-state index contributed by atoms with van der Waals surface area (Å²) in [6.45, 7) is 0. The van der Waals surface area contributed by atoms with Crippen LogP contribution in [0.15, 0.2) is 47.5 Å². The van der Waals surface area contributed by atoms with Crippen molar-refractivity contribution in [3.05, 3.63) is 64.6 Å². The molecular weight excluding hydrogens is 307 g/mol. The second kappa shape index (κ2) is 5.35. The van der Waals surface area contributed by atoms with Crippen molar-refractivity contribution in [2.24, 2.45) is 7.05 Å². The normalized spacial score (nSPS) is 10.9. The van der Waals surface area contributed by atoms with Gasteiger partial charge in [0.15, 0.2) is 0 Å². The third-order valence-corrected chi connectivity index (χ3v) is 3.70. The van der Waals surface area contributed by atoms with Crippen LogP contribution in [0, 0.1) is 5.82 Å². The zero-order valence-corrected chi connectivity index (χ0v) is 12.3. The van der Waals surface area contributed by atoms with Gasteiger partial charge in [-0.15, -0.1) is 0 Å². The molecule has 22 heavy (non-hydrogen) atoms. The molecule has 0 bridgehead atoms. The summed E-state index contributed by atoms with van der Waals surface area (Å²) in [5, 5.41) is 0.164. The Labute approximate surface area is 129 Å². The molecule has 0 saturated carbocycles. The highest BCUT2D eigenvalue weighted by atomic mass is 35.5. The molecule has 1 aromatic carbocycles. The minimum Gasteiger partial charge on any atom is -0.306 e. The van der Waals surface area contributed by atoms with E-state index in [9.17, 15) is 14.0 Å². The van der Waals surface area contributed by atoms with Gasteiger partial charge >= 0.3 is 0 Å². The first kappa shape index (κ1) is 14.4. The Morgan fingerprint density at radius 3 is 2.50 bits per heavy atom. The fourth-order valence-electron chi connectivity index (χ4n) is 2.50. The highest BCUT2D eigenvalue weighted by Gasteiger charge is 2.20. The van der Waals surface area contributed by atoms with Crippen LogP contribution in [-0.2, 0) is 7.05 Å². The Morgan fingerprint density at radius 1 is 1.18 bits per heavy atom. The lowest BCUT2D eigenvalue weighted by atomic mass is 9.98. The molecule has 0 fully saturated rings. The molecule has 3 rings (SSSR count). The first-order chi connectivity index (χ1) is 10.5. The molecule has 3 aromatic rings. The zero-order chi connectivity index (χ0) is 15.9. The molecule has 2 heterocycles. The maximum Gasteiger partial charge on any atom is 0.269 e. The molecule has 110 valence electrons. The molecule has 0 aliphatic heterocycles. The smallest absolute Gasteiger partial charge is 0.269 e. The standard InChI is InChI=1S/C16H10ClFN2O2/c1-20-14(15(17)21)13(9-2-4-10(18)5-3-9)11-6-7-19-8-12(11)16(20)22/h2-8H,1H3. The lowest BCUT2D eigenvalue weighted by Gasteiger charge is -2.14. The predicted octanol–water partition coefficient (Wildman–Crippen LogP) is 3.12. The minimum absolute atomic E-state index is 0.0666. The first-order valence-corrected chi connectivity index (χ1v) is 6.81. The first-order valence-electron chi connectivity index (χ1n) is 6.43. The summed E-state index contributed by atoms with van der Waals surface area (Å²) in [7, 11) is 1.47. The van der Waals surface area contributed by atoms with E-state index in [0.29, 0.717) is 21.9 Å². The monoisotopic (exact) mass is 316 g/mol. The van der Waals surface area contributed by atoms with Gasteiger partial charge in [0.1, 0.15) is 11.5 Å². The number of pyridine rings is 2. The summed E-state index contributed by atoms with van der Waals surface area (Å²) in [6, 6.07) is 7.29. The summed E-state index contributed by atoms with van der Waals surface area (Å²) in [4.78, 5) is 28.1. The second-order valence-electron chi connectivity index (χ2n) is 4.79. The quantitative estimate of drug-likeness (QED) is 0.683. The van der Waals surface area contributed by atoms with Crippen LogP contribution in [0.25, 0.3) is 21.9 Å². The van der Waals surface area contributed by atoms with Crippen LogP contribution in [0.4, 0.5) is 4.39 Å². The summed E-state index contributed by atoms with van der Waals surface area (Å²) in [5.41, 5.74) is 0.784. The van der Waals surface area contributed by atoms with Gasteiger partial charge in [0, 0.05) is 30.4 Å². The van der Waals surface area contributed by atoms with Crippen molar-refractivity contribution in [3.8, 4) is 11.1 Å². The highest BCUT2D eigenvalue weighted by Crippen LogP contribution is 2.31. The van der Waals surface area contributed by atoms with Gasteiger partial charge in [-0.2, -0.15) is 0 Å². The van der Waals surface area contributed by atoms with Gasteiger partial charge in [0.2, 0.25) is 0 Å². The van der Waals surface area contributed by atoms with Crippen LogP contribution in [0.5, 0.6) is 0 Å². The molecule has 0 radical (unpaired) electrons. The molecule has 2 aromatic heterocycles. The number of carbonyl (C=O) groups excluding carboxylic acids is 1. The van der Waals surface area contributed by atoms with Gasteiger partial charge in [-0.1, -0.05) is 12.1 Å². The second-order valence-corrected chi connectivity index (χ2v) is 5.13. The number of nitrogens with zero attached hydrogens (tertiary/aromatic N) is 2. The van der Waals surface area contributed by atoms with E-state index >= 15 is 0 Å². The molecule has 0 atom stereocenters. The van der Waals surface area contributed by atoms with E-state index in [4.69, 9.17) is 11.6 Å². The minimum atomic E-state index is -0.752. The highest BCUT2D eigenvalue weighted by molar-refractivity contribution is 6.68. The number of fused-ring (bicyclic) bond motifs is 1. The van der Waals surface area contributed by atoms with Crippen LogP contribution in [0.1, 0.15) is 10.5 Å². The number of hydrogen-bond acceptors (Lipinski definition) is 3. The third kappa shape index (κ3) is 2.19. The van der Waals surface area contributed by atoms with Crippen LogP contribution in [-0.4, -0.2) is 14.8 Å². The average Bonchev–Trinajstić information content (AvgIpc) is 2.51. The number of aromatic nitrogens is 2. The van der Waals surface area contributed by atoms with Crippen LogP contribution >= 0.6 is 11.6 Å². The van der Waals surface area contributed by atoms with Crippen molar-refractivity contribution in [1.29, 1.82) is 0 Å². The van der Waals surface area contributed by atoms with Crippen molar-refractivity contribution in [3.63, 3.8) is 0 Å². The lowest BCUT2D eigenvalue weighted by molar-refractivity contribution is 0.107. The summed E-state index contributed by atoms with van der Waals surface area (Å²) < 4.78 is 14.4. The fraction of sp³-hybridized carbons (Fsp3) is 0.0625. The summed E-state index contributed by atoms with van der Waals surface area (Å²) >= 11 is 5.68. The fourth-order valence-corrected chi connectivity index (χ4v) is 2.72.